The summed E-state index contributed by atoms with van der Waals surface area (Å²) >= 11 is 23.2. The van der Waals surface area contributed by atoms with Crippen molar-refractivity contribution in [2.75, 3.05) is 44.8 Å². The molecule has 0 saturated carbocycles. The van der Waals surface area contributed by atoms with Gasteiger partial charge in [-0.3, -0.25) is 10.9 Å². The molecule has 1 fully saturated rings. The molecule has 1 saturated heterocycles. The largest absolute Gasteiger partial charge is 0.370 e. The zero-order chi connectivity index (χ0) is 15.9. The quantitative estimate of drug-likeness (QED) is 0.456. The van der Waals surface area contributed by atoms with Crippen LogP contribution in [-0.4, -0.2) is 44.5 Å². The summed E-state index contributed by atoms with van der Waals surface area (Å²) in [7, 11) is 0. The van der Waals surface area contributed by atoms with E-state index in [0.29, 0.717) is 25.9 Å². The molecule has 1 aliphatic heterocycles. The van der Waals surface area contributed by atoms with Crippen molar-refractivity contribution < 1.29 is 9.64 Å². The predicted octanol–water partition coefficient (Wildman–Crippen LogP) is 1.35. The lowest BCUT2D eigenvalue weighted by atomic mass is 10.3. The molecule has 0 unspecified atom stereocenters. The number of hydrogen-bond acceptors (Lipinski definition) is 3. The molecule has 0 spiro atoms. The maximum absolute atomic E-state index is 6.07. The van der Waals surface area contributed by atoms with Gasteiger partial charge in [-0.25, -0.2) is 0 Å². The van der Waals surface area contributed by atoms with Gasteiger partial charge in [0.05, 0.1) is 42.0 Å². The maximum atomic E-state index is 6.07. The fourth-order valence-electron chi connectivity index (χ4n) is 2.09. The summed E-state index contributed by atoms with van der Waals surface area (Å²) in [5.41, 5.74) is 6.29. The third kappa shape index (κ3) is 5.61. The van der Waals surface area contributed by atoms with Crippen LogP contribution >= 0.6 is 47.0 Å². The predicted molar refractivity (Wildman–Crippen MR) is 95.2 cm³/mol. The molecular formula is C13H18Cl3N4OS+. The molecule has 0 atom stereocenters. The number of halogens is 3. The van der Waals surface area contributed by atoms with E-state index >= 15 is 0 Å². The molecule has 0 aliphatic carbocycles. The zero-order valence-corrected chi connectivity index (χ0v) is 14.9. The van der Waals surface area contributed by atoms with Gasteiger partial charge in [-0.2, -0.15) is 0 Å². The number of hydrazine groups is 1. The van der Waals surface area contributed by atoms with Gasteiger partial charge in [0.2, 0.25) is 0 Å². The van der Waals surface area contributed by atoms with Crippen molar-refractivity contribution in [1.82, 2.24) is 10.7 Å². The number of morpholine rings is 1. The minimum Gasteiger partial charge on any atom is -0.370 e. The van der Waals surface area contributed by atoms with Gasteiger partial charge in [-0.05, 0) is 24.4 Å². The van der Waals surface area contributed by atoms with Crippen molar-refractivity contribution in [2.45, 2.75) is 0 Å². The number of ether oxygens (including phenoxy) is 1. The molecule has 0 amide bonds. The van der Waals surface area contributed by atoms with E-state index in [4.69, 9.17) is 51.8 Å². The smallest absolute Gasteiger partial charge is 0.185 e. The number of anilines is 1. The highest BCUT2D eigenvalue weighted by atomic mass is 35.5. The second kappa shape index (κ2) is 8.96. The van der Waals surface area contributed by atoms with Gasteiger partial charge in [0, 0.05) is 5.02 Å². The molecule has 5 nitrogen and oxygen atoms in total. The van der Waals surface area contributed by atoms with E-state index in [2.05, 4.69) is 16.2 Å². The van der Waals surface area contributed by atoms with Crippen LogP contribution in [0, 0.1) is 0 Å². The van der Waals surface area contributed by atoms with Gasteiger partial charge in [-0.15, -0.1) is 0 Å². The molecule has 122 valence electrons. The Kier molecular flexibility index (Phi) is 7.27. The van der Waals surface area contributed by atoms with Crippen molar-refractivity contribution in [2.24, 2.45) is 0 Å². The SMILES string of the molecule is S=C(NCC[NH+]1CCOCC1)NNc1c(Cl)cc(Cl)cc1Cl. The molecule has 0 bridgehead atoms. The summed E-state index contributed by atoms with van der Waals surface area (Å²) in [4.78, 5) is 1.51. The average Bonchev–Trinajstić information content (AvgIpc) is 2.47. The van der Waals surface area contributed by atoms with Crippen molar-refractivity contribution in [3.8, 4) is 0 Å². The third-order valence-electron chi connectivity index (χ3n) is 3.27. The molecule has 1 heterocycles. The first-order valence-electron chi connectivity index (χ1n) is 6.92. The van der Waals surface area contributed by atoms with Gasteiger partial charge in [0.1, 0.15) is 13.1 Å². The van der Waals surface area contributed by atoms with Crippen LogP contribution < -0.4 is 21.1 Å². The van der Waals surface area contributed by atoms with Crippen LogP contribution in [-0.2, 0) is 4.74 Å². The minimum atomic E-state index is 0.422. The number of quaternary nitrogens is 1. The molecule has 1 aromatic rings. The highest BCUT2D eigenvalue weighted by molar-refractivity contribution is 7.80. The standard InChI is InChI=1S/C13H17Cl3N4OS/c14-9-7-10(15)12(11(16)8-9)18-19-13(22)17-1-2-20-3-5-21-6-4-20/h7-8,18H,1-6H2,(H2,17,19,22)/p+1. The van der Waals surface area contributed by atoms with Crippen LogP contribution in [0.4, 0.5) is 5.69 Å². The molecule has 9 heteroatoms. The third-order valence-corrected chi connectivity index (χ3v) is 4.33. The fraction of sp³-hybridized carbons (Fsp3) is 0.462. The van der Waals surface area contributed by atoms with E-state index in [1.54, 1.807) is 12.1 Å². The summed E-state index contributed by atoms with van der Waals surface area (Å²) < 4.78 is 5.32. The lowest BCUT2D eigenvalue weighted by Crippen LogP contribution is -3.14. The van der Waals surface area contributed by atoms with Crippen LogP contribution in [0.1, 0.15) is 0 Å². The van der Waals surface area contributed by atoms with E-state index in [-0.39, 0.29) is 0 Å². The zero-order valence-electron chi connectivity index (χ0n) is 11.8. The molecule has 22 heavy (non-hydrogen) atoms. The van der Waals surface area contributed by atoms with Gasteiger partial charge >= 0.3 is 0 Å². The lowest BCUT2D eigenvalue weighted by Gasteiger charge is -2.24. The van der Waals surface area contributed by atoms with E-state index in [9.17, 15) is 0 Å². The number of rotatable bonds is 5. The van der Waals surface area contributed by atoms with Crippen molar-refractivity contribution in [1.29, 1.82) is 0 Å². The minimum absolute atomic E-state index is 0.422. The van der Waals surface area contributed by atoms with Crippen LogP contribution in [0.5, 0.6) is 0 Å². The lowest BCUT2D eigenvalue weighted by molar-refractivity contribution is -0.906. The maximum Gasteiger partial charge on any atom is 0.185 e. The molecule has 4 N–H and O–H groups in total. The molecule has 2 rings (SSSR count). The Morgan fingerprint density at radius 2 is 1.82 bits per heavy atom. The number of hydrogen-bond donors (Lipinski definition) is 4. The molecule has 1 aromatic carbocycles. The Hall–Kier alpha value is -0.500. The Balaban J connectivity index is 1.71. The van der Waals surface area contributed by atoms with E-state index in [0.717, 1.165) is 39.4 Å². The first kappa shape index (κ1) is 17.8. The second-order valence-corrected chi connectivity index (χ2v) is 6.52. The molecule has 0 aromatic heterocycles. The Bertz CT molecular complexity index is 503. The van der Waals surface area contributed by atoms with Crippen molar-refractivity contribution in [3.05, 3.63) is 27.2 Å². The summed E-state index contributed by atoms with van der Waals surface area (Å²) in [5, 5.41) is 4.94. The van der Waals surface area contributed by atoms with Crippen molar-refractivity contribution in [3.63, 3.8) is 0 Å². The Morgan fingerprint density at radius 1 is 1.18 bits per heavy atom. The number of thiocarbonyl (C=S) groups is 1. The highest BCUT2D eigenvalue weighted by Gasteiger charge is 2.13. The second-order valence-electron chi connectivity index (χ2n) is 4.86. The number of nitrogens with one attached hydrogen (secondary N) is 4. The van der Waals surface area contributed by atoms with Crippen LogP contribution in [0.25, 0.3) is 0 Å². The molecule has 1 aliphatic rings. The highest BCUT2D eigenvalue weighted by Crippen LogP contribution is 2.32. The fourth-order valence-corrected chi connectivity index (χ4v) is 3.15. The van der Waals surface area contributed by atoms with Crippen LogP contribution in [0.3, 0.4) is 0 Å². The summed E-state index contributed by atoms with van der Waals surface area (Å²) in [5.74, 6) is 0. The van der Waals surface area contributed by atoms with Gasteiger partial charge in [0.15, 0.2) is 5.11 Å². The molecular weight excluding hydrogens is 367 g/mol. The first-order valence-corrected chi connectivity index (χ1v) is 8.46. The Morgan fingerprint density at radius 3 is 2.45 bits per heavy atom. The monoisotopic (exact) mass is 383 g/mol. The van der Waals surface area contributed by atoms with Gasteiger partial charge in [-0.1, -0.05) is 34.8 Å². The van der Waals surface area contributed by atoms with Gasteiger partial charge in [0.25, 0.3) is 0 Å². The normalized spacial score (nSPS) is 15.4. The van der Waals surface area contributed by atoms with Gasteiger partial charge < -0.3 is 15.0 Å². The molecule has 0 radical (unpaired) electrons. The number of benzene rings is 1. The van der Waals surface area contributed by atoms with E-state index in [1.807, 2.05) is 0 Å². The van der Waals surface area contributed by atoms with Crippen LogP contribution in [0.15, 0.2) is 12.1 Å². The van der Waals surface area contributed by atoms with Crippen LogP contribution in [0.2, 0.25) is 15.1 Å². The summed E-state index contributed by atoms with van der Waals surface area (Å²) in [6, 6.07) is 3.22. The van der Waals surface area contributed by atoms with E-state index in [1.165, 1.54) is 4.90 Å². The summed E-state index contributed by atoms with van der Waals surface area (Å²) in [6.07, 6.45) is 0. The topological polar surface area (TPSA) is 49.8 Å². The van der Waals surface area contributed by atoms with E-state index < -0.39 is 0 Å². The average molecular weight is 385 g/mol. The summed E-state index contributed by atoms with van der Waals surface area (Å²) in [6.45, 7) is 5.51. The first-order chi connectivity index (χ1) is 10.6. The van der Waals surface area contributed by atoms with Crippen molar-refractivity contribution >= 4 is 57.8 Å². The Labute approximate surface area is 150 Å².